The van der Waals surface area contributed by atoms with Crippen molar-refractivity contribution in [3.05, 3.63) is 47.5 Å². The van der Waals surface area contributed by atoms with Crippen molar-refractivity contribution in [2.45, 2.75) is 38.5 Å². The molecule has 23 heavy (non-hydrogen) atoms. The first-order valence-corrected chi connectivity index (χ1v) is 8.27. The Balaban J connectivity index is 1.80. The van der Waals surface area contributed by atoms with Crippen LogP contribution >= 0.6 is 0 Å². The van der Waals surface area contributed by atoms with Crippen LogP contribution in [-0.2, 0) is 24.1 Å². The van der Waals surface area contributed by atoms with Crippen molar-refractivity contribution in [1.82, 2.24) is 9.55 Å². The molecule has 5 nitrogen and oxygen atoms in total. The second-order valence-corrected chi connectivity index (χ2v) is 6.16. The molecule has 0 aliphatic carbocycles. The summed E-state index contributed by atoms with van der Waals surface area (Å²) in [7, 11) is 0. The Hall–Kier alpha value is -2.14. The van der Waals surface area contributed by atoms with Crippen molar-refractivity contribution < 1.29 is 9.90 Å². The number of benzene rings is 1. The van der Waals surface area contributed by atoms with Gasteiger partial charge in [-0.3, -0.25) is 4.79 Å². The van der Waals surface area contributed by atoms with Gasteiger partial charge in [-0.15, -0.1) is 0 Å². The van der Waals surface area contributed by atoms with Crippen LogP contribution in [0.2, 0.25) is 0 Å². The molecule has 1 aliphatic heterocycles. The highest BCUT2D eigenvalue weighted by Gasteiger charge is 2.24. The van der Waals surface area contributed by atoms with E-state index >= 15 is 0 Å². The maximum absolute atomic E-state index is 11.5. The predicted molar refractivity (Wildman–Crippen MR) is 88.7 cm³/mol. The Morgan fingerprint density at radius 2 is 2.13 bits per heavy atom. The minimum absolute atomic E-state index is 0.377. The second kappa shape index (κ2) is 6.96. The molecule has 2 heterocycles. The lowest BCUT2D eigenvalue weighted by Crippen LogP contribution is -2.19. The number of rotatable bonds is 7. The highest BCUT2D eigenvalue weighted by molar-refractivity contribution is 5.70. The standard InChI is InChI=1S/C18H23N3O2/c19-10-4-3-6-14(18(22)23)11-15-17-9-8-13-5-1-2-7-16(13)21(17)12-20-15/h1-2,5,7,12,14H,3-4,6,8-11,19H2,(H,22,23). The lowest BCUT2D eigenvalue weighted by Gasteiger charge is -2.20. The number of carboxylic acid groups (broad SMARTS) is 1. The van der Waals surface area contributed by atoms with Crippen molar-refractivity contribution in [1.29, 1.82) is 0 Å². The van der Waals surface area contributed by atoms with E-state index in [4.69, 9.17) is 5.73 Å². The van der Waals surface area contributed by atoms with Crippen molar-refractivity contribution in [2.24, 2.45) is 11.7 Å². The van der Waals surface area contributed by atoms with E-state index in [9.17, 15) is 9.90 Å². The summed E-state index contributed by atoms with van der Waals surface area (Å²) in [5.41, 5.74) is 10.1. The van der Waals surface area contributed by atoms with Gasteiger partial charge in [0.2, 0.25) is 0 Å². The maximum atomic E-state index is 11.5. The molecular weight excluding hydrogens is 290 g/mol. The van der Waals surface area contributed by atoms with E-state index in [0.29, 0.717) is 19.4 Å². The number of carboxylic acids is 1. The van der Waals surface area contributed by atoms with Gasteiger partial charge in [0.25, 0.3) is 0 Å². The van der Waals surface area contributed by atoms with E-state index in [1.165, 1.54) is 11.3 Å². The largest absolute Gasteiger partial charge is 0.481 e. The van der Waals surface area contributed by atoms with Crippen molar-refractivity contribution in [2.75, 3.05) is 6.54 Å². The monoisotopic (exact) mass is 313 g/mol. The maximum Gasteiger partial charge on any atom is 0.306 e. The fourth-order valence-corrected chi connectivity index (χ4v) is 3.35. The van der Waals surface area contributed by atoms with Gasteiger partial charge >= 0.3 is 5.97 Å². The normalized spacial score (nSPS) is 14.1. The fourth-order valence-electron chi connectivity index (χ4n) is 3.35. The van der Waals surface area contributed by atoms with Crippen molar-refractivity contribution in [3.63, 3.8) is 0 Å². The summed E-state index contributed by atoms with van der Waals surface area (Å²) < 4.78 is 2.12. The minimum Gasteiger partial charge on any atom is -0.481 e. The third kappa shape index (κ3) is 3.29. The van der Waals surface area contributed by atoms with E-state index in [0.717, 1.165) is 37.1 Å². The Bertz CT molecular complexity index is 693. The number of aliphatic carboxylic acids is 1. The molecule has 3 rings (SSSR count). The number of hydrogen-bond donors (Lipinski definition) is 2. The third-order valence-corrected chi connectivity index (χ3v) is 4.63. The van der Waals surface area contributed by atoms with Gasteiger partial charge < -0.3 is 15.4 Å². The first-order valence-electron chi connectivity index (χ1n) is 8.27. The molecule has 0 radical (unpaired) electrons. The van der Waals surface area contributed by atoms with Crippen LogP contribution in [0.1, 0.15) is 36.2 Å². The van der Waals surface area contributed by atoms with Crippen LogP contribution in [0.4, 0.5) is 0 Å². The predicted octanol–water partition coefficient (Wildman–Crippen LogP) is 2.34. The van der Waals surface area contributed by atoms with Crippen LogP contribution in [0.25, 0.3) is 5.69 Å². The molecule has 0 spiro atoms. The molecule has 3 N–H and O–H groups in total. The van der Waals surface area contributed by atoms with Gasteiger partial charge in [-0.1, -0.05) is 24.6 Å². The summed E-state index contributed by atoms with van der Waals surface area (Å²) in [6.07, 6.45) is 6.63. The number of fused-ring (bicyclic) bond motifs is 3. The second-order valence-electron chi connectivity index (χ2n) is 6.16. The lowest BCUT2D eigenvalue weighted by molar-refractivity contribution is -0.142. The lowest BCUT2D eigenvalue weighted by atomic mass is 9.93. The Labute approximate surface area is 136 Å². The molecule has 122 valence electrons. The number of unbranched alkanes of at least 4 members (excludes halogenated alkanes) is 1. The molecular formula is C18H23N3O2. The van der Waals surface area contributed by atoms with E-state index in [1.807, 2.05) is 12.4 Å². The summed E-state index contributed by atoms with van der Waals surface area (Å²) in [5.74, 6) is -1.11. The number of imidazole rings is 1. The van der Waals surface area contributed by atoms with Gasteiger partial charge in [0.15, 0.2) is 0 Å². The van der Waals surface area contributed by atoms with Crippen LogP contribution in [0.15, 0.2) is 30.6 Å². The van der Waals surface area contributed by atoms with Crippen LogP contribution in [0.3, 0.4) is 0 Å². The van der Waals surface area contributed by atoms with Crippen molar-refractivity contribution >= 4 is 5.97 Å². The number of aryl methyl sites for hydroxylation is 1. The number of nitrogens with two attached hydrogens (primary N) is 1. The van der Waals surface area contributed by atoms with Crippen LogP contribution < -0.4 is 5.73 Å². The molecule has 1 unspecified atom stereocenters. The average molecular weight is 313 g/mol. The number of hydrogen-bond acceptors (Lipinski definition) is 3. The average Bonchev–Trinajstić information content (AvgIpc) is 2.97. The zero-order valence-electron chi connectivity index (χ0n) is 13.2. The summed E-state index contributed by atoms with van der Waals surface area (Å²) in [6, 6.07) is 8.32. The highest BCUT2D eigenvalue weighted by atomic mass is 16.4. The van der Waals surface area contributed by atoms with E-state index in [-0.39, 0.29) is 5.92 Å². The van der Waals surface area contributed by atoms with Gasteiger partial charge in [-0.25, -0.2) is 4.98 Å². The molecule has 1 atom stereocenters. The minimum atomic E-state index is -0.736. The zero-order valence-corrected chi connectivity index (χ0v) is 13.2. The number of aromatic nitrogens is 2. The van der Waals surface area contributed by atoms with E-state index in [2.05, 4.69) is 27.8 Å². The van der Waals surface area contributed by atoms with Gasteiger partial charge in [-0.05, 0) is 43.9 Å². The molecule has 0 amide bonds. The van der Waals surface area contributed by atoms with Crippen LogP contribution in [0.5, 0.6) is 0 Å². The Kier molecular flexibility index (Phi) is 4.76. The summed E-state index contributed by atoms with van der Waals surface area (Å²) in [5, 5.41) is 9.47. The van der Waals surface area contributed by atoms with Gasteiger partial charge in [-0.2, -0.15) is 0 Å². The van der Waals surface area contributed by atoms with Crippen LogP contribution in [-0.4, -0.2) is 27.2 Å². The molecule has 0 bridgehead atoms. The molecule has 1 aliphatic rings. The van der Waals surface area contributed by atoms with Gasteiger partial charge in [0.1, 0.15) is 0 Å². The smallest absolute Gasteiger partial charge is 0.306 e. The molecule has 0 saturated heterocycles. The number of para-hydroxylation sites is 1. The molecule has 5 heteroatoms. The first-order chi connectivity index (χ1) is 11.2. The van der Waals surface area contributed by atoms with Crippen LogP contribution in [0, 0.1) is 5.92 Å². The SMILES string of the molecule is NCCCCC(Cc1ncn2c1CCc1ccccc1-2)C(=O)O. The quantitative estimate of drug-likeness (QED) is 0.769. The topological polar surface area (TPSA) is 81.1 Å². The first kappa shape index (κ1) is 15.7. The van der Waals surface area contributed by atoms with Gasteiger partial charge in [0.05, 0.1) is 17.9 Å². The fraction of sp³-hybridized carbons (Fsp3) is 0.444. The third-order valence-electron chi connectivity index (χ3n) is 4.63. The molecule has 1 aromatic heterocycles. The van der Waals surface area contributed by atoms with E-state index < -0.39 is 5.97 Å². The van der Waals surface area contributed by atoms with Crippen molar-refractivity contribution in [3.8, 4) is 5.69 Å². The summed E-state index contributed by atoms with van der Waals surface area (Å²) in [4.78, 5) is 16.0. The Morgan fingerprint density at radius 3 is 2.91 bits per heavy atom. The molecule has 0 fully saturated rings. The number of carbonyl (C=O) groups is 1. The Morgan fingerprint density at radius 1 is 1.30 bits per heavy atom. The van der Waals surface area contributed by atoms with E-state index in [1.54, 1.807) is 0 Å². The summed E-state index contributed by atoms with van der Waals surface area (Å²) in [6.45, 7) is 0.614. The number of nitrogens with zero attached hydrogens (tertiary/aromatic N) is 2. The van der Waals surface area contributed by atoms with Gasteiger partial charge in [0, 0.05) is 17.8 Å². The highest BCUT2D eigenvalue weighted by Crippen LogP contribution is 2.28. The molecule has 2 aromatic rings. The molecule has 0 saturated carbocycles. The molecule has 1 aromatic carbocycles. The zero-order chi connectivity index (χ0) is 16.2. The summed E-state index contributed by atoms with van der Waals surface area (Å²) >= 11 is 0.